The van der Waals surface area contributed by atoms with Crippen molar-refractivity contribution in [1.82, 2.24) is 10.3 Å². The van der Waals surface area contributed by atoms with Gasteiger partial charge in [-0.15, -0.1) is 0 Å². The van der Waals surface area contributed by atoms with Crippen LogP contribution in [0.5, 0.6) is 0 Å². The second-order valence-corrected chi connectivity index (χ2v) is 10.0. The van der Waals surface area contributed by atoms with Crippen molar-refractivity contribution in [1.29, 1.82) is 0 Å². The molecule has 34 heavy (non-hydrogen) atoms. The zero-order valence-corrected chi connectivity index (χ0v) is 20.5. The van der Waals surface area contributed by atoms with Crippen LogP contribution in [0.3, 0.4) is 0 Å². The average Bonchev–Trinajstić information content (AvgIpc) is 2.81. The number of aromatic nitrogens is 1. The van der Waals surface area contributed by atoms with E-state index in [9.17, 15) is 4.79 Å². The molecule has 2 aromatic carbocycles. The Balaban J connectivity index is 1.41. The summed E-state index contributed by atoms with van der Waals surface area (Å²) in [6.07, 6.45) is 5.62. The fourth-order valence-corrected chi connectivity index (χ4v) is 4.28. The third-order valence-electron chi connectivity index (χ3n) is 5.96. The largest absolute Gasteiger partial charge is 0.380 e. The molecule has 3 aromatic rings. The van der Waals surface area contributed by atoms with Gasteiger partial charge in [0.15, 0.2) is 0 Å². The van der Waals surface area contributed by atoms with E-state index < -0.39 is 0 Å². The van der Waals surface area contributed by atoms with Crippen LogP contribution in [0.2, 0.25) is 0 Å². The highest BCUT2D eigenvalue weighted by atomic mass is 32.2. The summed E-state index contributed by atoms with van der Waals surface area (Å²) in [5.41, 5.74) is 2.89. The number of hydrogen-bond donors (Lipinski definition) is 3. The molecule has 2 amide bonds. The maximum atomic E-state index is 12.8. The first-order valence-electron chi connectivity index (χ1n) is 11.3. The van der Waals surface area contributed by atoms with Crippen molar-refractivity contribution in [3.63, 3.8) is 0 Å². The minimum Gasteiger partial charge on any atom is -0.380 e. The standard InChI is InChI=1S/C27H30N4O2S/c1-19-4-6-21(7-5-19)29-25(16-20(2)27(3)17-33-18-27)31-26(32)30-22-8-10-23(11-9-22)34-24-12-14-28-15-13-24/h4-16,20,29H,17-18H2,1-3H3,(H2,30,31,32)/b25-16+. The number of anilines is 2. The number of nitrogens with one attached hydrogen (secondary N) is 3. The third-order valence-corrected chi connectivity index (χ3v) is 6.97. The topological polar surface area (TPSA) is 75.3 Å². The predicted octanol–water partition coefficient (Wildman–Crippen LogP) is 6.29. The van der Waals surface area contributed by atoms with Crippen molar-refractivity contribution in [3.8, 4) is 0 Å². The molecule has 1 aliphatic rings. The first-order chi connectivity index (χ1) is 16.4. The van der Waals surface area contributed by atoms with Gasteiger partial charge >= 0.3 is 6.03 Å². The Bertz CT molecular complexity index is 1130. The van der Waals surface area contributed by atoms with E-state index in [0.29, 0.717) is 5.82 Å². The lowest BCUT2D eigenvalue weighted by atomic mass is 9.76. The highest BCUT2D eigenvalue weighted by Gasteiger charge is 2.38. The molecular weight excluding hydrogens is 444 g/mol. The number of aryl methyl sites for hydroxylation is 1. The van der Waals surface area contributed by atoms with Gasteiger partial charge in [0.25, 0.3) is 0 Å². The number of carbonyl (C=O) groups excluding carboxylic acids is 1. The molecule has 0 radical (unpaired) electrons. The summed E-state index contributed by atoms with van der Waals surface area (Å²) in [4.78, 5) is 19.1. The van der Waals surface area contributed by atoms with Crippen molar-refractivity contribution >= 4 is 29.2 Å². The second-order valence-electron chi connectivity index (χ2n) is 8.90. The fraction of sp³-hybridized carbons (Fsp3) is 0.259. The van der Waals surface area contributed by atoms with Crippen LogP contribution in [-0.4, -0.2) is 24.2 Å². The van der Waals surface area contributed by atoms with E-state index in [-0.39, 0.29) is 17.4 Å². The summed E-state index contributed by atoms with van der Waals surface area (Å²) in [6.45, 7) is 7.84. The number of carbonyl (C=O) groups is 1. The van der Waals surface area contributed by atoms with E-state index >= 15 is 0 Å². The Kier molecular flexibility index (Phi) is 7.55. The van der Waals surface area contributed by atoms with Crippen molar-refractivity contribution < 1.29 is 9.53 Å². The molecule has 7 heteroatoms. The summed E-state index contributed by atoms with van der Waals surface area (Å²) < 4.78 is 5.43. The molecule has 0 bridgehead atoms. The second kappa shape index (κ2) is 10.8. The summed E-state index contributed by atoms with van der Waals surface area (Å²) in [5, 5.41) is 9.26. The Morgan fingerprint density at radius 3 is 2.18 bits per heavy atom. The van der Waals surface area contributed by atoms with Crippen LogP contribution < -0.4 is 16.0 Å². The van der Waals surface area contributed by atoms with E-state index in [0.717, 1.165) is 34.4 Å². The van der Waals surface area contributed by atoms with Crippen molar-refractivity contribution in [2.75, 3.05) is 23.8 Å². The number of amides is 2. The maximum Gasteiger partial charge on any atom is 0.324 e. The van der Waals surface area contributed by atoms with Crippen molar-refractivity contribution in [2.45, 2.75) is 30.6 Å². The molecule has 0 aliphatic carbocycles. The molecule has 0 spiro atoms. The van der Waals surface area contributed by atoms with Gasteiger partial charge in [0.05, 0.1) is 13.2 Å². The quantitative estimate of drug-likeness (QED) is 0.358. The van der Waals surface area contributed by atoms with Crippen LogP contribution in [-0.2, 0) is 4.74 Å². The number of rotatable bonds is 8. The molecule has 0 saturated carbocycles. The average molecular weight is 475 g/mol. The van der Waals surface area contributed by atoms with E-state index in [1.807, 2.05) is 67.6 Å². The van der Waals surface area contributed by atoms with Gasteiger partial charge in [-0.1, -0.05) is 43.3 Å². The minimum absolute atomic E-state index is 0.0701. The monoisotopic (exact) mass is 474 g/mol. The van der Waals surface area contributed by atoms with Gasteiger partial charge in [-0.3, -0.25) is 10.3 Å². The van der Waals surface area contributed by atoms with Gasteiger partial charge in [0.1, 0.15) is 5.82 Å². The van der Waals surface area contributed by atoms with Gasteiger partial charge in [0, 0.05) is 39.0 Å². The van der Waals surface area contributed by atoms with Crippen molar-refractivity contribution in [3.05, 3.63) is 90.5 Å². The van der Waals surface area contributed by atoms with Crippen LogP contribution in [0.4, 0.5) is 16.2 Å². The number of pyridine rings is 1. The van der Waals surface area contributed by atoms with Crippen LogP contribution in [0.15, 0.2) is 94.7 Å². The molecular formula is C27H30N4O2S. The summed E-state index contributed by atoms with van der Waals surface area (Å²) in [5.74, 6) is 0.867. The summed E-state index contributed by atoms with van der Waals surface area (Å²) >= 11 is 1.65. The molecule has 2 heterocycles. The lowest BCUT2D eigenvalue weighted by molar-refractivity contribution is -0.121. The molecule has 1 saturated heterocycles. The van der Waals surface area contributed by atoms with Gasteiger partial charge in [-0.05, 0) is 67.4 Å². The summed E-state index contributed by atoms with van der Waals surface area (Å²) in [7, 11) is 0. The van der Waals surface area contributed by atoms with E-state index in [4.69, 9.17) is 4.74 Å². The SMILES string of the molecule is Cc1ccc(N/C(=C\C(C)C2(C)COC2)NC(=O)Nc2ccc(Sc3ccncc3)cc2)cc1. The highest BCUT2D eigenvalue weighted by Crippen LogP contribution is 2.36. The normalized spacial score (nSPS) is 15.7. The first kappa shape index (κ1) is 23.9. The van der Waals surface area contributed by atoms with Crippen LogP contribution in [0.25, 0.3) is 0 Å². The zero-order chi connectivity index (χ0) is 24.0. The minimum atomic E-state index is -0.303. The number of hydrogen-bond acceptors (Lipinski definition) is 5. The van der Waals surface area contributed by atoms with E-state index in [1.165, 1.54) is 5.56 Å². The predicted molar refractivity (Wildman–Crippen MR) is 138 cm³/mol. The molecule has 1 atom stereocenters. The molecule has 4 rings (SSSR count). The third kappa shape index (κ3) is 6.40. The molecule has 176 valence electrons. The number of benzene rings is 2. The highest BCUT2D eigenvalue weighted by molar-refractivity contribution is 7.99. The van der Waals surface area contributed by atoms with Crippen LogP contribution in [0, 0.1) is 18.3 Å². The summed E-state index contributed by atoms with van der Waals surface area (Å²) in [6, 6.07) is 19.5. The van der Waals surface area contributed by atoms with E-state index in [2.05, 4.69) is 40.9 Å². The molecule has 1 unspecified atom stereocenters. The zero-order valence-electron chi connectivity index (χ0n) is 19.7. The smallest absolute Gasteiger partial charge is 0.324 e. The number of allylic oxidation sites excluding steroid dienone is 1. The number of urea groups is 1. The van der Waals surface area contributed by atoms with Gasteiger partial charge in [-0.25, -0.2) is 4.79 Å². The maximum absolute atomic E-state index is 12.8. The number of nitrogens with zero attached hydrogens (tertiary/aromatic N) is 1. The van der Waals surface area contributed by atoms with Crippen molar-refractivity contribution in [2.24, 2.45) is 11.3 Å². The molecule has 1 aliphatic heterocycles. The molecule has 1 fully saturated rings. The van der Waals surface area contributed by atoms with Gasteiger partial charge in [-0.2, -0.15) is 0 Å². The molecule has 1 aromatic heterocycles. The Labute approximate surface area is 205 Å². The fourth-order valence-electron chi connectivity index (χ4n) is 3.48. The van der Waals surface area contributed by atoms with Crippen LogP contribution in [0.1, 0.15) is 19.4 Å². The first-order valence-corrected chi connectivity index (χ1v) is 12.1. The Morgan fingerprint density at radius 1 is 0.971 bits per heavy atom. The lowest BCUT2D eigenvalue weighted by Crippen LogP contribution is -2.45. The Hall–Kier alpha value is -3.29. The van der Waals surface area contributed by atoms with Crippen LogP contribution >= 0.6 is 11.8 Å². The van der Waals surface area contributed by atoms with Gasteiger partial charge < -0.3 is 15.4 Å². The van der Waals surface area contributed by atoms with Gasteiger partial charge in [0.2, 0.25) is 0 Å². The lowest BCUT2D eigenvalue weighted by Gasteiger charge is -2.42. The van der Waals surface area contributed by atoms with E-state index in [1.54, 1.807) is 24.2 Å². The molecule has 3 N–H and O–H groups in total. The molecule has 6 nitrogen and oxygen atoms in total. The number of ether oxygens (including phenoxy) is 1. The Morgan fingerprint density at radius 2 is 1.56 bits per heavy atom.